The maximum Gasteiger partial charge on any atom is 0.217 e. The van der Waals surface area contributed by atoms with Gasteiger partial charge in [0.1, 0.15) is 0 Å². The first kappa shape index (κ1) is 12.5. The summed E-state index contributed by atoms with van der Waals surface area (Å²) in [5, 5.41) is 3.35. The van der Waals surface area contributed by atoms with E-state index < -0.39 is 0 Å². The van der Waals surface area contributed by atoms with E-state index in [0.717, 1.165) is 17.8 Å². The molecule has 0 saturated carbocycles. The Balaban J connectivity index is 1.95. The molecule has 0 aliphatic carbocycles. The first-order valence-corrected chi connectivity index (χ1v) is 5.90. The summed E-state index contributed by atoms with van der Waals surface area (Å²) in [6.07, 6.45) is 3.54. The van der Waals surface area contributed by atoms with Gasteiger partial charge in [0.05, 0.1) is 12.8 Å². The van der Waals surface area contributed by atoms with Crippen LogP contribution in [-0.2, 0) is 13.1 Å². The number of aromatic nitrogens is 2. The monoisotopic (exact) mass is 243 g/mol. The SMILES string of the molecule is COc1ncccc1CNCc1ncccc1C. The molecule has 0 aromatic carbocycles. The van der Waals surface area contributed by atoms with Crippen LogP contribution in [0.3, 0.4) is 0 Å². The molecule has 4 nitrogen and oxygen atoms in total. The lowest BCUT2D eigenvalue weighted by molar-refractivity contribution is 0.390. The number of pyridine rings is 2. The molecule has 2 rings (SSSR count). The summed E-state index contributed by atoms with van der Waals surface area (Å²) in [5.41, 5.74) is 3.32. The first-order valence-electron chi connectivity index (χ1n) is 5.90. The number of ether oxygens (including phenoxy) is 1. The van der Waals surface area contributed by atoms with E-state index >= 15 is 0 Å². The first-order chi connectivity index (χ1) is 8.81. The van der Waals surface area contributed by atoms with Gasteiger partial charge in [0.2, 0.25) is 5.88 Å². The van der Waals surface area contributed by atoms with Gasteiger partial charge in [-0.15, -0.1) is 0 Å². The van der Waals surface area contributed by atoms with Gasteiger partial charge in [-0.2, -0.15) is 0 Å². The Hall–Kier alpha value is -1.94. The second kappa shape index (κ2) is 6.12. The van der Waals surface area contributed by atoms with Gasteiger partial charge in [-0.3, -0.25) is 4.98 Å². The maximum absolute atomic E-state index is 5.21. The molecule has 4 heteroatoms. The van der Waals surface area contributed by atoms with Crippen LogP contribution >= 0.6 is 0 Å². The van der Waals surface area contributed by atoms with Crippen LogP contribution in [0.1, 0.15) is 16.8 Å². The summed E-state index contributed by atoms with van der Waals surface area (Å²) in [6.45, 7) is 3.52. The molecule has 18 heavy (non-hydrogen) atoms. The van der Waals surface area contributed by atoms with E-state index in [9.17, 15) is 0 Å². The fourth-order valence-corrected chi connectivity index (χ4v) is 1.76. The van der Waals surface area contributed by atoms with Gasteiger partial charge >= 0.3 is 0 Å². The third kappa shape index (κ3) is 3.05. The van der Waals surface area contributed by atoms with Gasteiger partial charge in [-0.05, 0) is 24.6 Å². The van der Waals surface area contributed by atoms with Crippen LogP contribution < -0.4 is 10.1 Å². The van der Waals surface area contributed by atoms with E-state index in [4.69, 9.17) is 4.74 Å². The van der Waals surface area contributed by atoms with Crippen LogP contribution in [0, 0.1) is 6.92 Å². The van der Waals surface area contributed by atoms with Crippen LogP contribution in [0.4, 0.5) is 0 Å². The van der Waals surface area contributed by atoms with Crippen molar-refractivity contribution in [1.29, 1.82) is 0 Å². The molecule has 0 saturated heterocycles. The largest absolute Gasteiger partial charge is 0.481 e. The molecule has 1 N–H and O–H groups in total. The lowest BCUT2D eigenvalue weighted by Crippen LogP contribution is -2.15. The Morgan fingerprint density at radius 3 is 2.67 bits per heavy atom. The van der Waals surface area contributed by atoms with Crippen molar-refractivity contribution in [2.24, 2.45) is 0 Å². The zero-order valence-corrected chi connectivity index (χ0v) is 10.7. The highest BCUT2D eigenvalue weighted by Gasteiger charge is 2.03. The van der Waals surface area contributed by atoms with Crippen LogP contribution in [0.2, 0.25) is 0 Å². The number of nitrogens with zero attached hydrogens (tertiary/aromatic N) is 2. The fourth-order valence-electron chi connectivity index (χ4n) is 1.76. The second-order valence-electron chi connectivity index (χ2n) is 4.04. The van der Waals surface area contributed by atoms with E-state index in [0.29, 0.717) is 12.4 Å². The molecular formula is C14H17N3O. The molecule has 0 amide bonds. The summed E-state index contributed by atoms with van der Waals surface area (Å²) < 4.78 is 5.21. The molecule has 0 aliphatic rings. The van der Waals surface area contributed by atoms with Crippen molar-refractivity contribution in [2.45, 2.75) is 20.0 Å². The Bertz CT molecular complexity index is 514. The van der Waals surface area contributed by atoms with E-state index in [1.807, 2.05) is 24.4 Å². The molecule has 0 atom stereocenters. The van der Waals surface area contributed by atoms with Crippen LogP contribution in [0.5, 0.6) is 5.88 Å². The average Bonchev–Trinajstić information content (AvgIpc) is 2.41. The molecule has 0 bridgehead atoms. The summed E-state index contributed by atoms with van der Waals surface area (Å²) in [6, 6.07) is 7.92. The minimum atomic E-state index is 0.669. The smallest absolute Gasteiger partial charge is 0.217 e. The Labute approximate surface area is 107 Å². The quantitative estimate of drug-likeness (QED) is 0.873. The van der Waals surface area contributed by atoms with Gasteiger partial charge in [0, 0.05) is 31.0 Å². The molecule has 2 aromatic rings. The van der Waals surface area contributed by atoms with Crippen LogP contribution in [0.15, 0.2) is 36.7 Å². The molecule has 2 heterocycles. The molecule has 0 unspecified atom stereocenters. The molecule has 0 radical (unpaired) electrons. The van der Waals surface area contributed by atoms with Crippen molar-refractivity contribution in [1.82, 2.24) is 15.3 Å². The number of nitrogens with one attached hydrogen (secondary N) is 1. The standard InChI is InChI=1S/C14H17N3O/c1-11-5-3-7-16-13(11)10-15-9-12-6-4-8-17-14(12)18-2/h3-8,15H,9-10H2,1-2H3. The molecule has 0 aliphatic heterocycles. The third-order valence-electron chi connectivity index (χ3n) is 2.77. The van der Waals surface area contributed by atoms with E-state index in [1.165, 1.54) is 5.56 Å². The third-order valence-corrected chi connectivity index (χ3v) is 2.77. The number of hydrogen-bond acceptors (Lipinski definition) is 4. The van der Waals surface area contributed by atoms with E-state index in [2.05, 4.69) is 28.3 Å². The fraction of sp³-hybridized carbons (Fsp3) is 0.286. The van der Waals surface area contributed by atoms with E-state index in [1.54, 1.807) is 13.3 Å². The Morgan fingerprint density at radius 1 is 1.11 bits per heavy atom. The van der Waals surface area contributed by atoms with Gasteiger partial charge in [-0.25, -0.2) is 4.98 Å². The zero-order valence-electron chi connectivity index (χ0n) is 10.7. The minimum Gasteiger partial charge on any atom is -0.481 e. The Morgan fingerprint density at radius 2 is 1.89 bits per heavy atom. The summed E-state index contributed by atoms with van der Waals surface area (Å²) in [4.78, 5) is 8.51. The zero-order chi connectivity index (χ0) is 12.8. The summed E-state index contributed by atoms with van der Waals surface area (Å²) in [5.74, 6) is 0.669. The number of aryl methyl sites for hydroxylation is 1. The van der Waals surface area contributed by atoms with Crippen molar-refractivity contribution < 1.29 is 4.74 Å². The second-order valence-corrected chi connectivity index (χ2v) is 4.04. The predicted molar refractivity (Wildman–Crippen MR) is 70.3 cm³/mol. The number of methoxy groups -OCH3 is 1. The summed E-state index contributed by atoms with van der Waals surface area (Å²) >= 11 is 0. The molecule has 2 aromatic heterocycles. The predicted octanol–water partition coefficient (Wildman–Crippen LogP) is 2.08. The average molecular weight is 243 g/mol. The minimum absolute atomic E-state index is 0.669. The maximum atomic E-state index is 5.21. The van der Waals surface area contributed by atoms with Crippen molar-refractivity contribution in [3.8, 4) is 5.88 Å². The molecule has 0 fully saturated rings. The van der Waals surface area contributed by atoms with Gasteiger partial charge in [0.15, 0.2) is 0 Å². The van der Waals surface area contributed by atoms with Crippen molar-refractivity contribution in [3.05, 3.63) is 53.5 Å². The van der Waals surface area contributed by atoms with Crippen molar-refractivity contribution in [3.63, 3.8) is 0 Å². The van der Waals surface area contributed by atoms with Crippen molar-refractivity contribution in [2.75, 3.05) is 7.11 Å². The Kier molecular flexibility index (Phi) is 4.25. The highest BCUT2D eigenvalue weighted by Crippen LogP contribution is 2.13. The molecular weight excluding hydrogens is 226 g/mol. The lowest BCUT2D eigenvalue weighted by atomic mass is 10.2. The molecule has 94 valence electrons. The number of rotatable bonds is 5. The highest BCUT2D eigenvalue weighted by molar-refractivity contribution is 5.25. The van der Waals surface area contributed by atoms with Crippen LogP contribution in [-0.4, -0.2) is 17.1 Å². The van der Waals surface area contributed by atoms with Crippen LogP contribution in [0.25, 0.3) is 0 Å². The van der Waals surface area contributed by atoms with Gasteiger partial charge in [0.25, 0.3) is 0 Å². The van der Waals surface area contributed by atoms with E-state index in [-0.39, 0.29) is 0 Å². The number of hydrogen-bond donors (Lipinski definition) is 1. The normalized spacial score (nSPS) is 10.3. The topological polar surface area (TPSA) is 47.0 Å². The lowest BCUT2D eigenvalue weighted by Gasteiger charge is -2.09. The van der Waals surface area contributed by atoms with Gasteiger partial charge in [-0.1, -0.05) is 12.1 Å². The molecule has 0 spiro atoms. The van der Waals surface area contributed by atoms with Crippen molar-refractivity contribution >= 4 is 0 Å². The highest BCUT2D eigenvalue weighted by atomic mass is 16.5. The summed E-state index contributed by atoms with van der Waals surface area (Å²) in [7, 11) is 1.63. The van der Waals surface area contributed by atoms with Gasteiger partial charge < -0.3 is 10.1 Å².